The highest BCUT2D eigenvalue weighted by Crippen LogP contribution is 2.48. The Kier molecular flexibility index (Phi) is 41.6. The number of allylic oxidation sites excluding steroid dienone is 6. The zero-order valence-corrected chi connectivity index (χ0v) is 71.5. The maximum Gasteiger partial charge on any atom is 0.305 e. The van der Waals surface area contributed by atoms with E-state index in [0.717, 1.165) is 53.0 Å². The van der Waals surface area contributed by atoms with Crippen LogP contribution in [0.5, 0.6) is 0 Å². The lowest BCUT2D eigenvalue weighted by Gasteiger charge is -2.27. The van der Waals surface area contributed by atoms with Crippen molar-refractivity contribution in [2.75, 3.05) is 121 Å². The van der Waals surface area contributed by atoms with Crippen molar-refractivity contribution >= 4 is 141 Å². The molecule has 0 unspecified atom stereocenters. The van der Waals surface area contributed by atoms with Gasteiger partial charge >= 0.3 is 5.97 Å². The third-order valence-electron chi connectivity index (χ3n) is 19.5. The van der Waals surface area contributed by atoms with Gasteiger partial charge in [-0.05, 0) is 101 Å². The number of fused-ring (bicyclic) bond motifs is 2. The van der Waals surface area contributed by atoms with E-state index in [1.165, 1.54) is 17.7 Å². The molecule has 3 heterocycles. The molecule has 36 nitrogen and oxygen atoms in total. The minimum atomic E-state index is -4.39. The molecule has 3 aliphatic rings. The van der Waals surface area contributed by atoms with Gasteiger partial charge in [0, 0.05) is 85.0 Å². The number of carbonyl (C=O) groups excluding carboxylic acids is 12. The Hall–Kier alpha value is -9.78. The number of carboxylic acid groups (broad SMARTS) is 1. The van der Waals surface area contributed by atoms with Crippen molar-refractivity contribution in [3.8, 4) is 0 Å². The molecular weight excluding hydrogens is 1640 g/mol. The zero-order valence-electron chi connectivity index (χ0n) is 68.1. The smallest absolute Gasteiger partial charge is 0.305 e. The standard InChI is InChI=1S/C80H113N15O21S4/c1-79(2)53-22-14-15-25-62(53)95(64(79)27-12-7-11-26-63-80(3,4)54-43-52(120(110,111)112)29-30-61(54)94(63)5)35-18-8-13-28-66(97)83-32-17-16-23-56-73(105)91-59(48-117)76(108)89-55(24-19-31-81)71(103)86-45-67(98)88-58(44-70(101)102)75(107)93-78(118)77(109)90-57(42-51-20-9-6-10-21-51)74(106)92-60(49-119-50-69(100)87-56)72(104)85-34-37-114-39-41-115-40-38-113-36-33-84-68(99)47-116-46-65(82)96/h6-7,9-12,14-15,20-22,25-27,29-30,43,55-60,78H,8,13,16-19,23-24,28,31-42,44-50,81H2,1-5H3,(H16-,82,83,84,85,86,87,88,89,90,91,92,93,96,97,98,99,100,101,102,103,104,105,106,107,108,109,110,111,112,117,118)/p+1/t55-,56-,57-,58-,59-,60-,78-/m0/s1. The average molecular weight is 1750 g/mol. The molecule has 1 fully saturated rings. The van der Waals surface area contributed by atoms with Crippen molar-refractivity contribution in [2.24, 2.45) is 11.5 Å². The number of rotatable bonds is 40. The van der Waals surface area contributed by atoms with Gasteiger partial charge in [0.15, 0.2) is 11.1 Å². The summed E-state index contributed by atoms with van der Waals surface area (Å²) in [4.78, 5) is 176. The summed E-state index contributed by atoms with van der Waals surface area (Å²) in [7, 11) is -2.48. The Labute approximate surface area is 713 Å². The van der Waals surface area contributed by atoms with Gasteiger partial charge in [0.05, 0.1) is 68.7 Å². The van der Waals surface area contributed by atoms with Gasteiger partial charge in [-0.15, -0.1) is 24.4 Å². The third-order valence-corrected chi connectivity index (χ3v) is 22.2. The fourth-order valence-corrected chi connectivity index (χ4v) is 15.1. The van der Waals surface area contributed by atoms with Crippen molar-refractivity contribution in [2.45, 2.75) is 156 Å². The minimum absolute atomic E-state index is 0.0284. The number of thioether (sulfide) groups is 1. The number of para-hydroxylation sites is 1. The molecule has 0 radical (unpaired) electrons. The van der Waals surface area contributed by atoms with Crippen LogP contribution in [-0.2, 0) is 109 Å². The van der Waals surface area contributed by atoms with Crippen LogP contribution in [0, 0.1) is 0 Å². The van der Waals surface area contributed by atoms with Crippen LogP contribution in [0.1, 0.15) is 109 Å². The molecule has 0 bridgehead atoms. The summed E-state index contributed by atoms with van der Waals surface area (Å²) >= 11 is 9.45. The number of hydrogen-bond donors (Lipinski definition) is 17. The molecule has 0 spiro atoms. The van der Waals surface area contributed by atoms with Crippen LogP contribution in [0.4, 0.5) is 11.4 Å². The minimum Gasteiger partial charge on any atom is -0.481 e. The second kappa shape index (κ2) is 50.5. The Morgan fingerprint density at radius 2 is 1.25 bits per heavy atom. The molecule has 3 aliphatic heterocycles. The van der Waals surface area contributed by atoms with Crippen molar-refractivity contribution < 1.29 is 104 Å². The SMILES string of the molecule is C[N+]1=C(/C=C/C=C/C=C2/N(CCCCCC(=O)NCCCC[C@@H]3NC(=O)CSC[C@@H](C(=O)NCCOCCOCCOCCNC(=O)COCC(N)=O)NC(=O)[C@H](Cc4ccccc4)NC(=O)[C@H](S)NC(=O)[C@H](CC(=O)O)NC(=O)CNC(=O)[C@H](CCCN)NC(=O)[C@H](CS)NC3=O)c3ccccc3C2(C)C)C(C)(C)c2cc(S(=O)(=O)O)ccc21. The van der Waals surface area contributed by atoms with Crippen molar-refractivity contribution in [3.05, 3.63) is 126 Å². The van der Waals surface area contributed by atoms with Gasteiger partial charge in [-0.1, -0.05) is 87.0 Å². The molecule has 12 amide bonds. The second-order valence-electron chi connectivity index (χ2n) is 29.4. The molecular formula is C80H114N15O21S4+. The number of aliphatic carboxylic acids is 1. The fourth-order valence-electron chi connectivity index (χ4n) is 13.3. The lowest BCUT2D eigenvalue weighted by Crippen LogP contribution is -2.58. The fraction of sp³-hybridized carbons (Fsp3) is 0.525. The summed E-state index contributed by atoms with van der Waals surface area (Å²) in [5, 5.41) is 36.0. The molecule has 120 heavy (non-hydrogen) atoms. The number of carboxylic acids is 1. The highest BCUT2D eigenvalue weighted by molar-refractivity contribution is 8.00. The Balaban J connectivity index is 1.11. The number of amides is 12. The number of nitrogens with one attached hydrogen (secondary N) is 11. The maximum atomic E-state index is 14.5. The van der Waals surface area contributed by atoms with E-state index in [4.69, 9.17) is 30.4 Å². The van der Waals surface area contributed by atoms with E-state index < -0.39 is 153 Å². The number of thiol groups is 2. The Bertz CT molecular complexity index is 4300. The molecule has 3 aromatic rings. The van der Waals surface area contributed by atoms with Gasteiger partial charge < -0.3 is 98.9 Å². The number of primary amides is 1. The highest BCUT2D eigenvalue weighted by atomic mass is 32.2. The summed E-state index contributed by atoms with van der Waals surface area (Å²) in [5.41, 5.74) is 16.3. The van der Waals surface area contributed by atoms with E-state index in [0.29, 0.717) is 24.9 Å². The molecule has 0 aliphatic carbocycles. The van der Waals surface area contributed by atoms with Crippen LogP contribution in [-0.4, -0.2) is 263 Å². The first-order valence-corrected chi connectivity index (χ1v) is 43.2. The lowest BCUT2D eigenvalue weighted by molar-refractivity contribution is -0.401. The predicted molar refractivity (Wildman–Crippen MR) is 455 cm³/mol. The quantitative estimate of drug-likeness (QED) is 0.0116. The second-order valence-corrected chi connectivity index (χ2v) is 32.8. The Morgan fingerprint density at radius 1 is 0.633 bits per heavy atom. The van der Waals surface area contributed by atoms with Gasteiger partial charge in [0.25, 0.3) is 16.0 Å². The van der Waals surface area contributed by atoms with E-state index in [2.05, 4.69) is 121 Å². The van der Waals surface area contributed by atoms with Gasteiger partial charge in [0.1, 0.15) is 56.5 Å². The van der Waals surface area contributed by atoms with E-state index in [1.54, 1.807) is 36.4 Å². The largest absolute Gasteiger partial charge is 0.481 e. The Morgan fingerprint density at radius 3 is 1.93 bits per heavy atom. The first kappa shape index (κ1) is 99.0. The summed E-state index contributed by atoms with van der Waals surface area (Å²) in [6.45, 7) is 8.47. The average Bonchev–Trinajstić information content (AvgIpc) is 1.60. The first-order valence-electron chi connectivity index (χ1n) is 39.4. The third kappa shape index (κ3) is 32.6. The number of benzene rings is 3. The maximum absolute atomic E-state index is 14.5. The predicted octanol–water partition coefficient (Wildman–Crippen LogP) is -0.106. The van der Waals surface area contributed by atoms with Crippen molar-refractivity contribution in [3.63, 3.8) is 0 Å². The molecule has 6 rings (SSSR count). The molecule has 1 saturated heterocycles. The number of carbonyl (C=O) groups is 13. The summed E-state index contributed by atoms with van der Waals surface area (Å²) in [6.07, 6.45) is 11.7. The first-order chi connectivity index (χ1) is 57.2. The number of unbranched alkanes of at least 4 members (excludes halogenated alkanes) is 3. The molecule has 17 N–H and O–H groups in total. The van der Waals surface area contributed by atoms with E-state index in [1.807, 2.05) is 61.9 Å². The molecule has 3 aromatic carbocycles. The molecule has 0 saturated carbocycles. The van der Waals surface area contributed by atoms with Crippen LogP contribution in [0.3, 0.4) is 0 Å². The van der Waals surface area contributed by atoms with Gasteiger partial charge in [-0.2, -0.15) is 25.6 Å². The summed E-state index contributed by atoms with van der Waals surface area (Å²) in [5.74, 6) is -12.4. The van der Waals surface area contributed by atoms with E-state index in [-0.39, 0.29) is 139 Å². The number of nitrogens with two attached hydrogens (primary N) is 2. The monoisotopic (exact) mass is 1750 g/mol. The molecule has 0 aromatic heterocycles. The topological polar surface area (TPSA) is 524 Å². The van der Waals surface area contributed by atoms with Crippen molar-refractivity contribution in [1.82, 2.24) is 58.5 Å². The van der Waals surface area contributed by atoms with Gasteiger partial charge in [-0.25, -0.2) is 0 Å². The van der Waals surface area contributed by atoms with Gasteiger partial charge in [-0.3, -0.25) is 66.9 Å². The van der Waals surface area contributed by atoms with E-state index >= 15 is 0 Å². The van der Waals surface area contributed by atoms with E-state index in [9.17, 15) is 80.4 Å². The van der Waals surface area contributed by atoms with Crippen LogP contribution in [0.25, 0.3) is 0 Å². The van der Waals surface area contributed by atoms with Crippen LogP contribution < -0.4 is 74.9 Å². The molecule has 40 heteroatoms. The summed E-state index contributed by atoms with van der Waals surface area (Å²) < 4.78 is 57.2. The number of nitrogens with zero attached hydrogens (tertiary/aromatic N) is 2. The number of ether oxygens (including phenoxy) is 4. The number of hydrogen-bond acceptors (Lipinski definition) is 24. The number of anilines is 1. The van der Waals surface area contributed by atoms with Crippen LogP contribution in [0.2, 0.25) is 0 Å². The van der Waals surface area contributed by atoms with Crippen molar-refractivity contribution in [1.29, 1.82) is 0 Å². The summed E-state index contributed by atoms with van der Waals surface area (Å²) in [6, 6.07) is 12.3. The molecule has 658 valence electrons. The highest BCUT2D eigenvalue weighted by Gasteiger charge is 2.44. The normalized spacial score (nSPS) is 20.8. The van der Waals surface area contributed by atoms with Gasteiger partial charge in [0.2, 0.25) is 70.7 Å². The zero-order chi connectivity index (χ0) is 88.0. The molecule has 7 atom stereocenters. The lowest BCUT2D eigenvalue weighted by atomic mass is 9.81. The van der Waals surface area contributed by atoms with Crippen LogP contribution >= 0.6 is 37.0 Å². The van der Waals surface area contributed by atoms with Crippen LogP contribution in [0.15, 0.2) is 114 Å².